The quantitative estimate of drug-likeness (QED) is 0.0988. The van der Waals surface area contributed by atoms with Crippen LogP contribution in [0.2, 0.25) is 0 Å². The van der Waals surface area contributed by atoms with Crippen molar-refractivity contribution in [3.05, 3.63) is 66.0 Å². The number of carbonyl (C=O) groups is 5. The van der Waals surface area contributed by atoms with Gasteiger partial charge in [0.25, 0.3) is 17.7 Å². The third-order valence-corrected chi connectivity index (χ3v) is 5.55. The minimum Gasteiger partial charge on any atom is -0.478 e. The van der Waals surface area contributed by atoms with Crippen LogP contribution < -0.4 is 27.0 Å². The summed E-state index contributed by atoms with van der Waals surface area (Å²) in [5.74, 6) is -3.34. The van der Waals surface area contributed by atoms with E-state index in [0.717, 1.165) is 6.08 Å². The van der Waals surface area contributed by atoms with Crippen molar-refractivity contribution in [2.75, 3.05) is 22.5 Å². The molecule has 0 atom stereocenters. The van der Waals surface area contributed by atoms with Gasteiger partial charge in [0.1, 0.15) is 17.1 Å². The molecule has 8 N–H and O–H groups in total. The van der Waals surface area contributed by atoms with E-state index in [4.69, 9.17) is 16.2 Å². The fourth-order valence-corrected chi connectivity index (χ4v) is 3.70. The van der Waals surface area contributed by atoms with Gasteiger partial charge in [-0.1, -0.05) is 0 Å². The van der Waals surface area contributed by atoms with E-state index in [1.165, 1.54) is 33.5 Å². The largest absolute Gasteiger partial charge is 0.478 e. The molecule has 0 aliphatic rings. The number of amidine groups is 1. The molecule has 4 amide bonds. The third kappa shape index (κ3) is 8.59. The second-order valence-corrected chi connectivity index (χ2v) is 8.77. The topological polar surface area (TPSA) is 218 Å². The number of anilines is 3. The van der Waals surface area contributed by atoms with Gasteiger partial charge < -0.3 is 45.8 Å². The highest BCUT2D eigenvalue weighted by molar-refractivity contribution is 6.08. The highest BCUT2D eigenvalue weighted by Gasteiger charge is 2.18. The molecule has 0 saturated carbocycles. The minimum atomic E-state index is -1.27. The zero-order valence-corrected chi connectivity index (χ0v) is 23.2. The van der Waals surface area contributed by atoms with E-state index in [9.17, 15) is 24.0 Å². The number of hydrogen-bond acceptors (Lipinski definition) is 6. The molecule has 41 heavy (non-hydrogen) atoms. The SMILES string of the molecule is Cl.Cn1cc(NC(=O)c2cc(NC(=O)c3cc(NC(=O)/C=C/C(=O)O)cn3C)cn2C)cc1C(=O)NCCC(=N)N. The number of hydrogen-bond donors (Lipinski definition) is 7. The van der Waals surface area contributed by atoms with Crippen molar-refractivity contribution in [3.63, 3.8) is 0 Å². The number of rotatable bonds is 11. The summed E-state index contributed by atoms with van der Waals surface area (Å²) in [5, 5.41) is 26.4. The molecule has 0 radical (unpaired) electrons. The van der Waals surface area contributed by atoms with E-state index >= 15 is 0 Å². The number of carbonyl (C=O) groups excluding carboxylic acids is 4. The van der Waals surface area contributed by atoms with Crippen LogP contribution in [0.15, 0.2) is 48.9 Å². The Bertz CT molecular complexity index is 1530. The van der Waals surface area contributed by atoms with Crippen LogP contribution in [0, 0.1) is 5.41 Å². The van der Waals surface area contributed by atoms with Crippen molar-refractivity contribution < 1.29 is 29.1 Å². The van der Waals surface area contributed by atoms with Crippen LogP contribution in [-0.4, -0.2) is 60.8 Å². The second-order valence-electron chi connectivity index (χ2n) is 8.77. The third-order valence-electron chi connectivity index (χ3n) is 5.55. The molecule has 218 valence electrons. The first kappa shape index (κ1) is 31.9. The minimum absolute atomic E-state index is 0. The van der Waals surface area contributed by atoms with E-state index in [-0.39, 0.29) is 54.2 Å². The molecule has 15 nitrogen and oxygen atoms in total. The molecule has 3 aromatic rings. The van der Waals surface area contributed by atoms with E-state index in [0.29, 0.717) is 23.1 Å². The van der Waals surface area contributed by atoms with Gasteiger partial charge in [-0.15, -0.1) is 12.4 Å². The van der Waals surface area contributed by atoms with Crippen molar-refractivity contribution >= 4 is 64.9 Å². The lowest BCUT2D eigenvalue weighted by Crippen LogP contribution is -2.28. The molecule has 16 heteroatoms. The van der Waals surface area contributed by atoms with Crippen LogP contribution in [0.1, 0.15) is 37.9 Å². The number of carboxylic acids is 1. The van der Waals surface area contributed by atoms with E-state index in [2.05, 4.69) is 21.3 Å². The molecule has 0 spiro atoms. The van der Waals surface area contributed by atoms with Crippen LogP contribution in [0.25, 0.3) is 0 Å². The van der Waals surface area contributed by atoms with Crippen LogP contribution >= 0.6 is 12.4 Å². The lowest BCUT2D eigenvalue weighted by Gasteiger charge is -2.04. The molecule has 3 aromatic heterocycles. The summed E-state index contributed by atoms with van der Waals surface area (Å²) in [6.07, 6.45) is 6.39. The van der Waals surface area contributed by atoms with E-state index in [1.54, 1.807) is 38.1 Å². The summed E-state index contributed by atoms with van der Waals surface area (Å²) in [5.41, 5.74) is 7.04. The molecule has 0 saturated heterocycles. The van der Waals surface area contributed by atoms with Gasteiger partial charge in [-0.2, -0.15) is 0 Å². The number of amides is 4. The average Bonchev–Trinajstić information content (AvgIpc) is 3.53. The van der Waals surface area contributed by atoms with Gasteiger partial charge in [-0.05, 0) is 18.2 Å². The summed E-state index contributed by atoms with van der Waals surface area (Å²) in [4.78, 5) is 60.5. The van der Waals surface area contributed by atoms with Crippen LogP contribution in [0.5, 0.6) is 0 Å². The number of aliphatic carboxylic acids is 1. The maximum atomic E-state index is 12.9. The Balaban J connectivity index is 0.00000588. The lowest BCUT2D eigenvalue weighted by molar-refractivity contribution is -0.131. The monoisotopic (exact) mass is 587 g/mol. The number of aryl methyl sites for hydroxylation is 3. The van der Waals surface area contributed by atoms with Gasteiger partial charge in [0.15, 0.2) is 0 Å². The predicted molar refractivity (Wildman–Crippen MR) is 154 cm³/mol. The summed E-state index contributed by atoms with van der Waals surface area (Å²) in [6, 6.07) is 4.41. The maximum Gasteiger partial charge on any atom is 0.328 e. The van der Waals surface area contributed by atoms with Gasteiger partial charge in [0.05, 0.1) is 22.9 Å². The molecule has 0 unspecified atom stereocenters. The molecule has 0 aromatic carbocycles. The van der Waals surface area contributed by atoms with Gasteiger partial charge in [-0.3, -0.25) is 24.6 Å². The molecule has 3 rings (SSSR count). The van der Waals surface area contributed by atoms with Crippen molar-refractivity contribution in [2.45, 2.75) is 6.42 Å². The van der Waals surface area contributed by atoms with Crippen molar-refractivity contribution in [1.82, 2.24) is 19.0 Å². The molecule has 0 aliphatic carbocycles. The Hall–Kier alpha value is -5.31. The number of nitrogens with two attached hydrogens (primary N) is 1. The van der Waals surface area contributed by atoms with Crippen molar-refractivity contribution in [3.8, 4) is 0 Å². The van der Waals surface area contributed by atoms with Crippen LogP contribution in [0.3, 0.4) is 0 Å². The lowest BCUT2D eigenvalue weighted by atomic mass is 10.3. The van der Waals surface area contributed by atoms with Crippen molar-refractivity contribution in [1.29, 1.82) is 5.41 Å². The van der Waals surface area contributed by atoms with E-state index < -0.39 is 23.7 Å². The van der Waals surface area contributed by atoms with Gasteiger partial charge in [-0.25, -0.2) is 4.79 Å². The number of halogens is 1. The number of nitrogens with one attached hydrogen (secondary N) is 5. The predicted octanol–water partition coefficient (Wildman–Crippen LogP) is 1.26. The molecular formula is C25H30ClN9O6. The molecule has 0 bridgehead atoms. The summed E-state index contributed by atoms with van der Waals surface area (Å²) in [7, 11) is 4.88. The molecule has 0 fully saturated rings. The Morgan fingerprint density at radius 1 is 0.780 bits per heavy atom. The molecule has 0 aliphatic heterocycles. The van der Waals surface area contributed by atoms with Crippen molar-refractivity contribution in [2.24, 2.45) is 26.9 Å². The smallest absolute Gasteiger partial charge is 0.328 e. The molecular weight excluding hydrogens is 558 g/mol. The van der Waals surface area contributed by atoms with E-state index in [1.807, 2.05) is 0 Å². The maximum absolute atomic E-state index is 12.9. The van der Waals surface area contributed by atoms with Crippen LogP contribution in [-0.2, 0) is 30.7 Å². The second kappa shape index (κ2) is 13.7. The number of carboxylic acid groups (broad SMARTS) is 1. The summed E-state index contributed by atoms with van der Waals surface area (Å²) >= 11 is 0. The summed E-state index contributed by atoms with van der Waals surface area (Å²) < 4.78 is 4.55. The normalized spacial score (nSPS) is 10.5. The van der Waals surface area contributed by atoms with Crippen LogP contribution in [0.4, 0.5) is 17.1 Å². The summed E-state index contributed by atoms with van der Waals surface area (Å²) in [6.45, 7) is 0.210. The average molecular weight is 588 g/mol. The number of aromatic nitrogens is 3. The first-order valence-corrected chi connectivity index (χ1v) is 11.8. The first-order valence-electron chi connectivity index (χ1n) is 11.8. The van der Waals surface area contributed by atoms with Gasteiger partial charge >= 0.3 is 5.97 Å². The fraction of sp³-hybridized carbons (Fsp3) is 0.200. The molecule has 3 heterocycles. The zero-order valence-electron chi connectivity index (χ0n) is 22.3. The Kier molecular flexibility index (Phi) is 10.6. The number of nitrogens with zero attached hydrogens (tertiary/aromatic N) is 3. The zero-order chi connectivity index (χ0) is 29.6. The Labute approximate surface area is 240 Å². The Morgan fingerprint density at radius 2 is 1.20 bits per heavy atom. The standard InChI is InChI=1S/C25H29N9O6.ClH/c1-32-12-15(9-17(32)23(38)28-7-6-20(26)27)30-25(40)19-10-16(13-34(19)3)31-24(39)18-8-14(11-33(18)2)29-21(35)4-5-22(36)37;/h4-5,8-13H,6-7H2,1-3H3,(H3,26,27)(H,28,38)(H,29,35)(H,30,40)(H,31,39)(H,36,37);1H/b5-4+;. The fourth-order valence-electron chi connectivity index (χ4n) is 3.70. The Morgan fingerprint density at radius 3 is 1.61 bits per heavy atom. The first-order chi connectivity index (χ1) is 18.8. The van der Waals surface area contributed by atoms with Gasteiger partial charge in [0.2, 0.25) is 5.91 Å². The highest BCUT2D eigenvalue weighted by atomic mass is 35.5. The highest BCUT2D eigenvalue weighted by Crippen LogP contribution is 2.19. The van der Waals surface area contributed by atoms with Gasteiger partial charge in [0, 0.05) is 64.9 Å².